The Labute approximate surface area is 119 Å². The third-order valence-electron chi connectivity index (χ3n) is 3.00. The van der Waals surface area contributed by atoms with E-state index in [-0.39, 0.29) is 11.6 Å². The Bertz CT molecular complexity index is 599. The van der Waals surface area contributed by atoms with Gasteiger partial charge >= 0.3 is 0 Å². The third-order valence-corrected chi connectivity index (χ3v) is 3.73. The zero-order chi connectivity index (χ0) is 14.0. The van der Waals surface area contributed by atoms with Crippen LogP contribution in [0.3, 0.4) is 0 Å². The lowest BCUT2D eigenvalue weighted by atomic mass is 10.00. The molecule has 0 amide bonds. The van der Waals surface area contributed by atoms with Crippen LogP contribution in [0.2, 0.25) is 0 Å². The number of hydrogen-bond donors (Lipinski definition) is 1. The maximum Gasteiger partial charge on any atom is 0.126 e. The van der Waals surface area contributed by atoms with E-state index in [1.165, 1.54) is 18.2 Å². The summed E-state index contributed by atoms with van der Waals surface area (Å²) in [6.45, 7) is 1.65. The summed E-state index contributed by atoms with van der Waals surface area (Å²) in [5, 5.41) is 10.1. The predicted molar refractivity (Wildman–Crippen MR) is 73.9 cm³/mol. The molecule has 0 aromatic heterocycles. The topological polar surface area (TPSA) is 20.2 Å². The lowest BCUT2D eigenvalue weighted by Gasteiger charge is -2.13. The van der Waals surface area contributed by atoms with Gasteiger partial charge in [0, 0.05) is 10.9 Å². The van der Waals surface area contributed by atoms with Gasteiger partial charge in [-0.3, -0.25) is 0 Å². The number of rotatable bonds is 3. The molecule has 0 bridgehead atoms. The van der Waals surface area contributed by atoms with Crippen molar-refractivity contribution in [2.45, 2.75) is 19.4 Å². The fourth-order valence-electron chi connectivity index (χ4n) is 1.89. The fraction of sp³-hybridized carbons (Fsp3) is 0.200. The Morgan fingerprint density at radius 3 is 2.53 bits per heavy atom. The highest BCUT2D eigenvalue weighted by atomic mass is 79.9. The van der Waals surface area contributed by atoms with Crippen molar-refractivity contribution in [1.82, 2.24) is 0 Å². The van der Waals surface area contributed by atoms with Gasteiger partial charge in [-0.25, -0.2) is 8.78 Å². The largest absolute Gasteiger partial charge is 0.388 e. The number of benzene rings is 2. The van der Waals surface area contributed by atoms with Crippen LogP contribution in [-0.2, 0) is 6.42 Å². The second-order valence-electron chi connectivity index (χ2n) is 4.46. The first-order valence-corrected chi connectivity index (χ1v) is 6.64. The highest BCUT2D eigenvalue weighted by Crippen LogP contribution is 2.25. The van der Waals surface area contributed by atoms with Crippen LogP contribution < -0.4 is 0 Å². The lowest BCUT2D eigenvalue weighted by molar-refractivity contribution is 0.178. The van der Waals surface area contributed by atoms with Crippen LogP contribution in [0.5, 0.6) is 0 Å². The molecule has 0 aliphatic heterocycles. The molecule has 0 saturated carbocycles. The first-order valence-electron chi connectivity index (χ1n) is 5.85. The Morgan fingerprint density at radius 1 is 1.16 bits per heavy atom. The van der Waals surface area contributed by atoms with Crippen molar-refractivity contribution in [2.75, 3.05) is 0 Å². The minimum Gasteiger partial charge on any atom is -0.388 e. The standard InChI is InChI=1S/C15H13BrF2O/c1-9-6-11(3-5-14(9)18)15(19)7-10-2-4-12(17)8-13(10)16/h2-6,8,15,19H,7H2,1H3. The summed E-state index contributed by atoms with van der Waals surface area (Å²) in [7, 11) is 0. The van der Waals surface area contributed by atoms with Gasteiger partial charge in [-0.05, 0) is 41.8 Å². The van der Waals surface area contributed by atoms with Gasteiger partial charge in [0.25, 0.3) is 0 Å². The van der Waals surface area contributed by atoms with E-state index in [9.17, 15) is 13.9 Å². The Morgan fingerprint density at radius 2 is 1.89 bits per heavy atom. The van der Waals surface area contributed by atoms with Crippen LogP contribution in [0.15, 0.2) is 40.9 Å². The fourth-order valence-corrected chi connectivity index (χ4v) is 2.40. The summed E-state index contributed by atoms with van der Waals surface area (Å²) < 4.78 is 26.8. The first kappa shape index (κ1) is 14.2. The molecule has 0 heterocycles. The van der Waals surface area contributed by atoms with Crippen LogP contribution in [0.25, 0.3) is 0 Å². The molecule has 100 valence electrons. The van der Waals surface area contributed by atoms with Gasteiger partial charge in [0.15, 0.2) is 0 Å². The van der Waals surface area contributed by atoms with Gasteiger partial charge < -0.3 is 5.11 Å². The molecule has 0 aliphatic carbocycles. The van der Waals surface area contributed by atoms with Crippen molar-refractivity contribution < 1.29 is 13.9 Å². The van der Waals surface area contributed by atoms with E-state index in [1.54, 1.807) is 25.1 Å². The molecule has 0 saturated heterocycles. The Balaban J connectivity index is 2.20. The van der Waals surface area contributed by atoms with Crippen molar-refractivity contribution >= 4 is 15.9 Å². The molecule has 1 unspecified atom stereocenters. The Kier molecular flexibility index (Phi) is 4.32. The summed E-state index contributed by atoms with van der Waals surface area (Å²) in [4.78, 5) is 0. The SMILES string of the molecule is Cc1cc(C(O)Cc2ccc(F)cc2Br)ccc1F. The van der Waals surface area contributed by atoms with E-state index >= 15 is 0 Å². The summed E-state index contributed by atoms with van der Waals surface area (Å²) in [5.41, 5.74) is 1.95. The minimum atomic E-state index is -0.749. The average Bonchev–Trinajstić information content (AvgIpc) is 2.36. The number of hydrogen-bond acceptors (Lipinski definition) is 1. The van der Waals surface area contributed by atoms with Crippen LogP contribution in [0, 0.1) is 18.6 Å². The van der Waals surface area contributed by atoms with E-state index in [4.69, 9.17) is 0 Å². The summed E-state index contributed by atoms with van der Waals surface area (Å²) >= 11 is 3.26. The molecule has 1 nitrogen and oxygen atoms in total. The molecule has 2 aromatic carbocycles. The molecule has 2 rings (SSSR count). The highest BCUT2D eigenvalue weighted by Gasteiger charge is 2.12. The van der Waals surface area contributed by atoms with Crippen molar-refractivity contribution in [3.8, 4) is 0 Å². The lowest BCUT2D eigenvalue weighted by Crippen LogP contribution is -2.03. The van der Waals surface area contributed by atoms with Crippen LogP contribution in [0.1, 0.15) is 22.8 Å². The molecule has 2 aromatic rings. The number of halogens is 3. The van der Waals surface area contributed by atoms with Gasteiger partial charge in [0.2, 0.25) is 0 Å². The maximum absolute atomic E-state index is 13.2. The summed E-state index contributed by atoms with van der Waals surface area (Å²) in [6.07, 6.45) is -0.410. The number of aliphatic hydroxyl groups is 1. The van der Waals surface area contributed by atoms with E-state index in [0.717, 1.165) is 5.56 Å². The van der Waals surface area contributed by atoms with Gasteiger partial charge in [-0.1, -0.05) is 34.1 Å². The molecule has 1 atom stereocenters. The molecule has 19 heavy (non-hydrogen) atoms. The first-order chi connectivity index (χ1) is 8.97. The molecular weight excluding hydrogens is 314 g/mol. The third kappa shape index (κ3) is 3.39. The van der Waals surface area contributed by atoms with E-state index in [2.05, 4.69) is 15.9 Å². The van der Waals surface area contributed by atoms with Crippen molar-refractivity contribution in [3.05, 3.63) is 69.2 Å². The predicted octanol–water partition coefficient (Wildman–Crippen LogP) is 4.31. The van der Waals surface area contributed by atoms with Gasteiger partial charge in [0.1, 0.15) is 11.6 Å². The van der Waals surface area contributed by atoms with Gasteiger partial charge in [-0.2, -0.15) is 0 Å². The van der Waals surface area contributed by atoms with Gasteiger partial charge in [0.05, 0.1) is 6.10 Å². The molecule has 1 N–H and O–H groups in total. The number of aryl methyl sites for hydroxylation is 1. The van der Waals surface area contributed by atoms with E-state index in [0.29, 0.717) is 22.0 Å². The van der Waals surface area contributed by atoms with Crippen LogP contribution >= 0.6 is 15.9 Å². The average molecular weight is 327 g/mol. The molecule has 0 fully saturated rings. The quantitative estimate of drug-likeness (QED) is 0.891. The minimum absolute atomic E-state index is 0.293. The van der Waals surface area contributed by atoms with Crippen molar-refractivity contribution in [1.29, 1.82) is 0 Å². The molecule has 0 radical (unpaired) electrons. The normalized spacial score (nSPS) is 12.5. The smallest absolute Gasteiger partial charge is 0.126 e. The number of aliphatic hydroxyl groups excluding tert-OH is 1. The van der Waals surface area contributed by atoms with E-state index < -0.39 is 6.10 Å². The molecule has 0 aliphatic rings. The molecule has 0 spiro atoms. The second kappa shape index (κ2) is 5.80. The van der Waals surface area contributed by atoms with Crippen molar-refractivity contribution in [2.24, 2.45) is 0 Å². The zero-order valence-electron chi connectivity index (χ0n) is 10.3. The zero-order valence-corrected chi connectivity index (χ0v) is 11.9. The maximum atomic E-state index is 13.2. The molecule has 4 heteroatoms. The highest BCUT2D eigenvalue weighted by molar-refractivity contribution is 9.10. The van der Waals surface area contributed by atoms with Crippen LogP contribution in [0.4, 0.5) is 8.78 Å². The summed E-state index contributed by atoms with van der Waals surface area (Å²) in [5.74, 6) is -0.623. The molecular formula is C15H13BrF2O. The Hall–Kier alpha value is -1.26. The van der Waals surface area contributed by atoms with Crippen molar-refractivity contribution in [3.63, 3.8) is 0 Å². The van der Waals surface area contributed by atoms with E-state index in [1.807, 2.05) is 0 Å². The summed E-state index contributed by atoms with van der Waals surface area (Å²) in [6, 6.07) is 8.86. The van der Waals surface area contributed by atoms with Crippen LogP contribution in [-0.4, -0.2) is 5.11 Å². The monoisotopic (exact) mass is 326 g/mol. The van der Waals surface area contributed by atoms with Gasteiger partial charge in [-0.15, -0.1) is 0 Å². The second-order valence-corrected chi connectivity index (χ2v) is 5.32.